The first-order chi connectivity index (χ1) is 5.91. The van der Waals surface area contributed by atoms with E-state index in [-0.39, 0.29) is 29.6 Å². The smallest absolute Gasteiger partial charge is 0.462 e. The third kappa shape index (κ3) is 9.56. The fourth-order valence-electron chi connectivity index (χ4n) is 0.479. The van der Waals surface area contributed by atoms with Gasteiger partial charge >= 0.3 is 7.32 Å². The van der Waals surface area contributed by atoms with Crippen molar-refractivity contribution in [3.63, 3.8) is 0 Å². The summed E-state index contributed by atoms with van der Waals surface area (Å²) in [5.74, 6) is -2.15. The Kier molecular flexibility index (Phi) is 8.92. The summed E-state index contributed by atoms with van der Waals surface area (Å²) in [6.07, 6.45) is 0. The zero-order chi connectivity index (χ0) is 10.4. The van der Waals surface area contributed by atoms with Crippen LogP contribution in [0.1, 0.15) is 20.8 Å². The van der Waals surface area contributed by atoms with Crippen molar-refractivity contribution in [2.75, 3.05) is 0 Å². The maximum Gasteiger partial charge on any atom is 0.870 e. The molecule has 0 bridgehead atoms. The summed E-state index contributed by atoms with van der Waals surface area (Å²) in [5.41, 5.74) is 0. The number of carbonyl (C=O) groups is 3. The normalized spacial score (nSPS) is 7.93. The molecule has 1 radical (unpaired) electrons. The van der Waals surface area contributed by atoms with Crippen molar-refractivity contribution in [2.45, 2.75) is 20.8 Å². The van der Waals surface area contributed by atoms with Crippen molar-refractivity contribution in [2.24, 2.45) is 0 Å². The van der Waals surface area contributed by atoms with Crippen LogP contribution >= 0.6 is 0 Å². The molecule has 0 rings (SSSR count). The van der Waals surface area contributed by atoms with Crippen molar-refractivity contribution >= 4 is 54.8 Å². The molecule has 0 fully saturated rings. The van der Waals surface area contributed by atoms with Gasteiger partial charge in [0, 0.05) is 50.3 Å². The molecule has 0 heterocycles. The molecule has 0 saturated heterocycles. The van der Waals surface area contributed by atoms with E-state index in [0.29, 0.717) is 0 Å². The van der Waals surface area contributed by atoms with E-state index in [2.05, 4.69) is 14.0 Å². The van der Waals surface area contributed by atoms with Gasteiger partial charge in [-0.15, -0.1) is 0 Å². The van der Waals surface area contributed by atoms with Gasteiger partial charge < -0.3 is 14.0 Å². The molecule has 0 unspecified atom stereocenters. The van der Waals surface area contributed by atoms with Crippen LogP contribution in [0.5, 0.6) is 0 Å². The quantitative estimate of drug-likeness (QED) is 0.573. The fourth-order valence-corrected chi connectivity index (χ4v) is 0.479. The zero-order valence-electron chi connectivity index (χ0n) is 8.53. The topological polar surface area (TPSA) is 78.9 Å². The molecule has 0 aromatic carbocycles. The van der Waals surface area contributed by atoms with Crippen molar-refractivity contribution < 1.29 is 28.3 Å². The molecule has 0 amide bonds. The van der Waals surface area contributed by atoms with Crippen LogP contribution in [0.25, 0.3) is 0 Å². The van der Waals surface area contributed by atoms with E-state index in [9.17, 15) is 14.4 Å². The van der Waals surface area contributed by atoms with Crippen LogP contribution in [0, 0.1) is 0 Å². The summed E-state index contributed by atoms with van der Waals surface area (Å²) >= 11 is 0. The molecule has 0 saturated carbocycles. The largest absolute Gasteiger partial charge is 0.870 e. The minimum absolute atomic E-state index is 0. The molecule has 14 heavy (non-hydrogen) atoms. The first-order valence-electron chi connectivity index (χ1n) is 3.43. The second-order valence-electron chi connectivity index (χ2n) is 2.12. The fraction of sp³-hybridized carbons (Fsp3) is 0.500. The summed E-state index contributed by atoms with van der Waals surface area (Å²) in [6, 6.07) is 0. The molecule has 0 aliphatic carbocycles. The average Bonchev–Trinajstić information content (AvgIpc) is 1.80. The van der Waals surface area contributed by atoms with Gasteiger partial charge in [0.25, 0.3) is 17.9 Å². The van der Waals surface area contributed by atoms with Gasteiger partial charge in [-0.2, -0.15) is 0 Å². The summed E-state index contributed by atoms with van der Waals surface area (Å²) in [7, 11) is -1.59. The Morgan fingerprint density at radius 1 is 0.786 bits per heavy atom. The Balaban J connectivity index is 0. The van der Waals surface area contributed by atoms with Gasteiger partial charge in [0.1, 0.15) is 0 Å². The number of hydrogen-bond acceptors (Lipinski definition) is 6. The van der Waals surface area contributed by atoms with Crippen LogP contribution in [0.15, 0.2) is 0 Å². The Labute approximate surface area is 104 Å². The van der Waals surface area contributed by atoms with Crippen LogP contribution in [0.2, 0.25) is 0 Å². The molecule has 6 nitrogen and oxygen atoms in total. The molecule has 0 aromatic heterocycles. The van der Waals surface area contributed by atoms with Crippen molar-refractivity contribution in [1.29, 1.82) is 0 Å². The molecule has 73 valence electrons. The van der Waals surface area contributed by atoms with E-state index in [1.54, 1.807) is 0 Å². The molecular weight excluding hydrogens is 202 g/mol. The third-order valence-electron chi connectivity index (χ3n) is 0.787. The van der Waals surface area contributed by atoms with Gasteiger partial charge in [0.15, 0.2) is 0 Å². The molecule has 0 aromatic rings. The number of rotatable bonds is 3. The third-order valence-corrected chi connectivity index (χ3v) is 0.787. The number of hydrogen-bond donors (Lipinski definition) is 0. The van der Waals surface area contributed by atoms with E-state index in [4.69, 9.17) is 0 Å². The summed E-state index contributed by atoms with van der Waals surface area (Å²) in [6.45, 7) is 3.29. The van der Waals surface area contributed by atoms with E-state index in [0.717, 1.165) is 20.8 Å². The maximum absolute atomic E-state index is 10.4. The van der Waals surface area contributed by atoms with Gasteiger partial charge in [-0.25, -0.2) is 0 Å². The summed E-state index contributed by atoms with van der Waals surface area (Å²) in [5, 5.41) is 0. The molecule has 0 aliphatic rings. The standard InChI is InChI=1S/C6H9BO6.Na/c1-4(8)11-7(12-5(2)9)13-6(3)10;/h1-3H3;. The number of carbonyl (C=O) groups excluding carboxylic acids is 3. The van der Waals surface area contributed by atoms with E-state index in [1.807, 2.05) is 0 Å². The summed E-state index contributed by atoms with van der Waals surface area (Å²) in [4.78, 5) is 31.2. The zero-order valence-corrected chi connectivity index (χ0v) is 10.5. The molecule has 0 aliphatic heterocycles. The second-order valence-corrected chi connectivity index (χ2v) is 2.12. The van der Waals surface area contributed by atoms with Gasteiger partial charge in [0.05, 0.1) is 0 Å². The van der Waals surface area contributed by atoms with E-state index >= 15 is 0 Å². The van der Waals surface area contributed by atoms with Gasteiger partial charge in [0.2, 0.25) is 0 Å². The molecule has 0 spiro atoms. The SMILES string of the molecule is CC(=O)OB(OC(C)=O)OC(C)=O.[Na]. The Bertz CT molecular complexity index is 192. The minimum Gasteiger partial charge on any atom is -0.462 e. The molecule has 0 N–H and O–H groups in total. The maximum atomic E-state index is 10.4. The Hall–Kier alpha value is -0.525. The molecular formula is C6H9BNaO6. The first kappa shape index (κ1) is 15.9. The van der Waals surface area contributed by atoms with E-state index in [1.165, 1.54) is 0 Å². The summed E-state index contributed by atoms with van der Waals surface area (Å²) < 4.78 is 13.0. The van der Waals surface area contributed by atoms with Gasteiger partial charge in [-0.05, 0) is 0 Å². The predicted molar refractivity (Wildman–Crippen MR) is 46.8 cm³/mol. The Morgan fingerprint density at radius 2 is 1.00 bits per heavy atom. The van der Waals surface area contributed by atoms with Crippen molar-refractivity contribution in [1.82, 2.24) is 0 Å². The van der Waals surface area contributed by atoms with Crippen LogP contribution in [-0.4, -0.2) is 54.8 Å². The van der Waals surface area contributed by atoms with Crippen LogP contribution in [0.4, 0.5) is 0 Å². The van der Waals surface area contributed by atoms with Gasteiger partial charge in [-0.3, -0.25) is 14.4 Å². The molecule has 8 heteroatoms. The van der Waals surface area contributed by atoms with Gasteiger partial charge in [-0.1, -0.05) is 0 Å². The van der Waals surface area contributed by atoms with Crippen molar-refractivity contribution in [3.05, 3.63) is 0 Å². The van der Waals surface area contributed by atoms with Crippen molar-refractivity contribution in [3.8, 4) is 0 Å². The monoisotopic (exact) mass is 211 g/mol. The second kappa shape index (κ2) is 7.84. The van der Waals surface area contributed by atoms with Crippen LogP contribution in [-0.2, 0) is 28.3 Å². The average molecular weight is 211 g/mol. The predicted octanol–water partition coefficient (Wildman–Crippen LogP) is -0.720. The first-order valence-corrected chi connectivity index (χ1v) is 3.43. The van der Waals surface area contributed by atoms with Crippen LogP contribution < -0.4 is 0 Å². The van der Waals surface area contributed by atoms with Crippen LogP contribution in [0.3, 0.4) is 0 Å². The minimum atomic E-state index is -1.59. The van der Waals surface area contributed by atoms with E-state index < -0.39 is 25.2 Å². The Morgan fingerprint density at radius 3 is 1.14 bits per heavy atom. The molecule has 0 atom stereocenters.